The van der Waals surface area contributed by atoms with Crippen molar-refractivity contribution in [1.82, 2.24) is 5.32 Å². The Bertz CT molecular complexity index is 420. The molecule has 0 spiro atoms. The summed E-state index contributed by atoms with van der Waals surface area (Å²) in [5.74, 6) is -0.989. The maximum absolute atomic E-state index is 11.4. The Balaban J connectivity index is 4.58. The molecule has 0 bridgehead atoms. The van der Waals surface area contributed by atoms with Crippen LogP contribution in [0.5, 0.6) is 0 Å². The largest absolute Gasteiger partial charge is 0.466 e. The van der Waals surface area contributed by atoms with Crippen LogP contribution in [0.3, 0.4) is 0 Å². The van der Waals surface area contributed by atoms with E-state index in [2.05, 4.69) is 5.32 Å². The van der Waals surface area contributed by atoms with E-state index in [0.29, 0.717) is 19.8 Å². The summed E-state index contributed by atoms with van der Waals surface area (Å²) in [5.41, 5.74) is -0.724. The van der Waals surface area contributed by atoms with Crippen molar-refractivity contribution >= 4 is 17.9 Å². The molecule has 0 aromatic carbocycles. The summed E-state index contributed by atoms with van der Waals surface area (Å²) in [6.45, 7) is 7.34. The highest BCUT2D eigenvalue weighted by Gasteiger charge is 2.30. The van der Waals surface area contributed by atoms with Gasteiger partial charge in [0.05, 0.1) is 84.3 Å². The molecular formula is C20H37NO9. The van der Waals surface area contributed by atoms with Gasteiger partial charge in [-0.05, 0) is 27.8 Å². The first-order chi connectivity index (χ1) is 14.4. The second kappa shape index (κ2) is 18.1. The molecule has 0 rings (SSSR count). The van der Waals surface area contributed by atoms with Crippen LogP contribution in [0.4, 0.5) is 0 Å². The van der Waals surface area contributed by atoms with Crippen molar-refractivity contribution in [2.45, 2.75) is 45.6 Å². The molecule has 10 nitrogen and oxygen atoms in total. The van der Waals surface area contributed by atoms with Gasteiger partial charge in [0.15, 0.2) is 0 Å². The topological polar surface area (TPSA) is 119 Å². The minimum atomic E-state index is -0.724. The first-order valence-electron chi connectivity index (χ1n) is 10.3. The molecule has 0 aromatic rings. The van der Waals surface area contributed by atoms with Crippen molar-refractivity contribution < 1.29 is 42.8 Å². The van der Waals surface area contributed by atoms with Crippen LogP contribution < -0.4 is 5.32 Å². The van der Waals surface area contributed by atoms with E-state index < -0.39 is 5.54 Å². The minimum Gasteiger partial charge on any atom is -0.466 e. The zero-order valence-electron chi connectivity index (χ0n) is 18.7. The third-order valence-corrected chi connectivity index (χ3v) is 3.93. The van der Waals surface area contributed by atoms with Crippen molar-refractivity contribution in [2.24, 2.45) is 0 Å². The Morgan fingerprint density at radius 1 is 0.633 bits per heavy atom. The number of hydrogen-bond acceptors (Lipinski definition) is 10. The Labute approximate surface area is 178 Å². The van der Waals surface area contributed by atoms with Crippen LogP contribution in [-0.2, 0) is 42.8 Å². The van der Waals surface area contributed by atoms with Crippen LogP contribution in [-0.4, -0.2) is 90.0 Å². The minimum absolute atomic E-state index is 0.140. The lowest BCUT2D eigenvalue weighted by Gasteiger charge is -2.33. The molecule has 0 radical (unpaired) electrons. The average Bonchev–Trinajstić information content (AvgIpc) is 2.72. The van der Waals surface area contributed by atoms with Gasteiger partial charge >= 0.3 is 17.9 Å². The van der Waals surface area contributed by atoms with Gasteiger partial charge in [-0.1, -0.05) is 0 Å². The summed E-state index contributed by atoms with van der Waals surface area (Å²) in [6.07, 6.45) is 0.420. The quantitative estimate of drug-likeness (QED) is 0.178. The van der Waals surface area contributed by atoms with E-state index in [1.54, 1.807) is 27.8 Å². The molecular weight excluding hydrogens is 398 g/mol. The Morgan fingerprint density at radius 2 is 0.933 bits per heavy atom. The van der Waals surface area contributed by atoms with E-state index in [-0.39, 0.29) is 76.8 Å². The molecule has 0 atom stereocenters. The molecule has 0 heterocycles. The smallest absolute Gasteiger partial charge is 0.308 e. The number of carbonyl (C=O) groups excluding carboxylic acids is 3. The fourth-order valence-electron chi connectivity index (χ4n) is 2.31. The summed E-state index contributed by atoms with van der Waals surface area (Å²) in [7, 11) is 1.73. The van der Waals surface area contributed by atoms with Crippen LogP contribution in [0.2, 0.25) is 0 Å². The molecule has 0 aliphatic heterocycles. The highest BCUT2D eigenvalue weighted by atomic mass is 16.5. The third kappa shape index (κ3) is 14.3. The lowest BCUT2D eigenvalue weighted by molar-refractivity contribution is -0.145. The van der Waals surface area contributed by atoms with Gasteiger partial charge in [0.2, 0.25) is 0 Å². The second-order valence-corrected chi connectivity index (χ2v) is 6.35. The molecule has 1 N–H and O–H groups in total. The Hall–Kier alpha value is -1.75. The van der Waals surface area contributed by atoms with Gasteiger partial charge in [-0.15, -0.1) is 0 Å². The molecule has 0 saturated carbocycles. The van der Waals surface area contributed by atoms with Crippen LogP contribution in [0.1, 0.15) is 40.0 Å². The van der Waals surface area contributed by atoms with Crippen molar-refractivity contribution in [3.05, 3.63) is 0 Å². The molecule has 0 saturated heterocycles. The fraction of sp³-hybridized carbons (Fsp3) is 0.850. The van der Waals surface area contributed by atoms with E-state index in [1.165, 1.54) is 0 Å². The van der Waals surface area contributed by atoms with E-state index in [1.807, 2.05) is 0 Å². The van der Waals surface area contributed by atoms with Gasteiger partial charge in [-0.2, -0.15) is 0 Å². The van der Waals surface area contributed by atoms with Crippen molar-refractivity contribution in [3.63, 3.8) is 0 Å². The molecule has 30 heavy (non-hydrogen) atoms. The zero-order valence-corrected chi connectivity index (χ0v) is 18.7. The van der Waals surface area contributed by atoms with E-state index in [9.17, 15) is 14.4 Å². The number of rotatable bonds is 19. The lowest BCUT2D eigenvalue weighted by atomic mass is 10.0. The first kappa shape index (κ1) is 28.2. The van der Waals surface area contributed by atoms with Crippen LogP contribution in [0.25, 0.3) is 0 Å². The molecule has 0 fully saturated rings. The molecule has 0 aliphatic rings. The predicted octanol–water partition coefficient (Wildman–Crippen LogP) is 0.854. The maximum Gasteiger partial charge on any atom is 0.308 e. The van der Waals surface area contributed by atoms with E-state index >= 15 is 0 Å². The highest BCUT2D eigenvalue weighted by Crippen LogP contribution is 2.09. The molecule has 0 amide bonds. The number of carbonyl (C=O) groups is 3. The summed E-state index contributed by atoms with van der Waals surface area (Å²) in [4.78, 5) is 34.3. The van der Waals surface area contributed by atoms with Crippen molar-refractivity contribution in [3.8, 4) is 0 Å². The number of ether oxygens (including phenoxy) is 6. The average molecular weight is 436 g/mol. The van der Waals surface area contributed by atoms with Gasteiger partial charge in [-0.25, -0.2) is 0 Å². The van der Waals surface area contributed by atoms with Gasteiger partial charge in [0.1, 0.15) is 0 Å². The zero-order chi connectivity index (χ0) is 22.7. The second-order valence-electron chi connectivity index (χ2n) is 6.35. The SMILES string of the molecule is CCOC(=O)CCOCC(COCCC(=O)OCC)(COCCC(=O)OCC)NC. The van der Waals surface area contributed by atoms with Crippen molar-refractivity contribution in [1.29, 1.82) is 0 Å². The summed E-state index contributed by atoms with van der Waals surface area (Å²) in [6, 6.07) is 0. The third-order valence-electron chi connectivity index (χ3n) is 3.93. The predicted molar refractivity (Wildman–Crippen MR) is 108 cm³/mol. The van der Waals surface area contributed by atoms with Crippen LogP contribution >= 0.6 is 0 Å². The number of likely N-dealkylation sites (N-methyl/N-ethyl adjacent to an activating group) is 1. The fourth-order valence-corrected chi connectivity index (χ4v) is 2.31. The van der Waals surface area contributed by atoms with Gasteiger partial charge in [0, 0.05) is 0 Å². The van der Waals surface area contributed by atoms with E-state index in [0.717, 1.165) is 0 Å². The molecule has 0 unspecified atom stereocenters. The van der Waals surface area contributed by atoms with Crippen molar-refractivity contribution in [2.75, 3.05) is 66.5 Å². The Morgan fingerprint density at radius 3 is 1.17 bits per heavy atom. The molecule has 0 aromatic heterocycles. The standard InChI is InChI=1S/C20H37NO9/c1-5-28-17(22)8-11-25-14-20(21-4,15-26-12-9-18(23)29-6-2)16-27-13-10-19(24)30-7-3/h21H,5-16H2,1-4H3. The maximum atomic E-state index is 11.4. The summed E-state index contributed by atoms with van der Waals surface area (Å²) >= 11 is 0. The van der Waals surface area contributed by atoms with Gasteiger partial charge < -0.3 is 33.7 Å². The van der Waals surface area contributed by atoms with E-state index in [4.69, 9.17) is 28.4 Å². The number of esters is 3. The highest BCUT2D eigenvalue weighted by molar-refractivity contribution is 5.70. The first-order valence-corrected chi connectivity index (χ1v) is 10.3. The molecule has 176 valence electrons. The monoisotopic (exact) mass is 435 g/mol. The Kier molecular flexibility index (Phi) is 17.0. The molecule has 0 aliphatic carbocycles. The molecule has 10 heteroatoms. The normalized spacial score (nSPS) is 11.2. The van der Waals surface area contributed by atoms with Crippen LogP contribution in [0.15, 0.2) is 0 Å². The number of nitrogens with one attached hydrogen (secondary N) is 1. The van der Waals surface area contributed by atoms with Crippen LogP contribution in [0, 0.1) is 0 Å². The summed E-state index contributed by atoms with van der Waals surface area (Å²) < 4.78 is 31.5. The van der Waals surface area contributed by atoms with Gasteiger partial charge in [0.25, 0.3) is 0 Å². The number of hydrogen-bond donors (Lipinski definition) is 1. The summed E-state index contributed by atoms with van der Waals surface area (Å²) in [5, 5.41) is 3.13. The van der Waals surface area contributed by atoms with Gasteiger partial charge in [-0.3, -0.25) is 14.4 Å². The lowest BCUT2D eigenvalue weighted by Crippen LogP contribution is -2.55.